The molecule has 0 radical (unpaired) electrons. The van der Waals surface area contributed by atoms with E-state index in [1.54, 1.807) is 12.2 Å². The summed E-state index contributed by atoms with van der Waals surface area (Å²) in [6.07, 6.45) is 6.51. The van der Waals surface area contributed by atoms with Gasteiger partial charge in [0, 0.05) is 0 Å². The van der Waals surface area contributed by atoms with Gasteiger partial charge in [-0.15, -0.1) is 0 Å². The van der Waals surface area contributed by atoms with Crippen molar-refractivity contribution in [2.75, 3.05) is 0 Å². The van der Waals surface area contributed by atoms with Crippen LogP contribution < -0.4 is 0 Å². The normalized spacial score (nSPS) is 23.7. The van der Waals surface area contributed by atoms with Crippen LogP contribution in [0.1, 0.15) is 0 Å². The lowest BCUT2D eigenvalue weighted by atomic mass is 10.6. The summed E-state index contributed by atoms with van der Waals surface area (Å²) in [5.74, 6) is 0. The first-order valence-electron chi connectivity index (χ1n) is 1.96. The lowest BCUT2D eigenvalue weighted by Crippen LogP contribution is -2.10. The summed E-state index contributed by atoms with van der Waals surface area (Å²) in [5.41, 5.74) is 0. The molecule has 1 atom stereocenters. The van der Waals surface area contributed by atoms with Gasteiger partial charge >= 0.3 is 0 Å². The maximum atomic E-state index is 10.6. The molecule has 1 aliphatic heterocycles. The highest BCUT2D eigenvalue weighted by atomic mass is 31.0. The van der Waals surface area contributed by atoms with Crippen LogP contribution in [0, 0.1) is 5.21 Å². The average Bonchev–Trinajstić information content (AvgIpc) is 1.84. The largest absolute Gasteiger partial charge is 0.622 e. The molecule has 0 saturated heterocycles. The Labute approximate surface area is 44.6 Å². The van der Waals surface area contributed by atoms with E-state index in [1.165, 1.54) is 12.4 Å². The summed E-state index contributed by atoms with van der Waals surface area (Å²) in [6, 6.07) is 0. The quantitative estimate of drug-likeness (QED) is 0.343. The second-order valence-electron chi connectivity index (χ2n) is 1.45. The van der Waals surface area contributed by atoms with Crippen LogP contribution in [0.4, 0.5) is 0 Å². The van der Waals surface area contributed by atoms with Crippen LogP contribution in [0.15, 0.2) is 24.6 Å². The number of quaternary nitrogens is 1. The van der Waals surface area contributed by atoms with E-state index in [9.17, 15) is 5.21 Å². The van der Waals surface area contributed by atoms with E-state index in [2.05, 4.69) is 9.39 Å². The number of hydroxylamine groups is 2. The van der Waals surface area contributed by atoms with Crippen LogP contribution in [0.2, 0.25) is 0 Å². The Morgan fingerprint density at radius 1 is 1.29 bits per heavy atom. The predicted molar refractivity (Wildman–Crippen MR) is 31.6 cm³/mol. The maximum absolute atomic E-state index is 10.6. The zero-order valence-electron chi connectivity index (χ0n) is 3.74. The fourth-order valence-electron chi connectivity index (χ4n) is 0.418. The van der Waals surface area contributed by atoms with E-state index in [0.717, 1.165) is 0 Å². The summed E-state index contributed by atoms with van der Waals surface area (Å²) in [7, 11) is 2.14. The lowest BCUT2D eigenvalue weighted by molar-refractivity contribution is -0.618. The number of hydrogen-bond acceptors (Lipinski definition) is 1. The van der Waals surface area contributed by atoms with E-state index >= 15 is 0 Å². The molecule has 0 aromatic heterocycles. The smallest absolute Gasteiger partial charge is 0.101 e. The first-order chi connectivity index (χ1) is 3.21. The van der Waals surface area contributed by atoms with Gasteiger partial charge in [0.25, 0.3) is 0 Å². The number of hydrogen-bond donors (Lipinski definition) is 0. The fraction of sp³-hybridized carbons (Fsp3) is 0. The molecule has 2 nitrogen and oxygen atoms in total. The van der Waals surface area contributed by atoms with Crippen LogP contribution in [0.3, 0.4) is 0 Å². The van der Waals surface area contributed by atoms with Crippen molar-refractivity contribution in [3.05, 3.63) is 29.8 Å². The number of allylic oxidation sites excluding steroid dienone is 2. The summed E-state index contributed by atoms with van der Waals surface area (Å²) in [4.78, 5) is 0. The topological polar surface area (TPSA) is 23.1 Å². The van der Waals surface area contributed by atoms with Crippen molar-refractivity contribution in [2.24, 2.45) is 0 Å². The first-order valence-corrected chi connectivity index (χ1v) is 2.47. The Hall–Kier alpha value is -0.170. The minimum absolute atomic E-state index is 0.444. The Bertz CT molecular complexity index is 114. The van der Waals surface area contributed by atoms with Crippen molar-refractivity contribution in [3.63, 3.8) is 0 Å². The van der Waals surface area contributed by atoms with Crippen molar-refractivity contribution in [3.8, 4) is 0 Å². The minimum atomic E-state index is -0.444. The lowest BCUT2D eigenvalue weighted by Gasteiger charge is -2.25. The molecule has 3 heteroatoms. The second kappa shape index (κ2) is 1.41. The van der Waals surface area contributed by atoms with E-state index in [0.29, 0.717) is 0 Å². The second-order valence-corrected chi connectivity index (χ2v) is 2.25. The fourth-order valence-corrected chi connectivity index (χ4v) is 0.617. The van der Waals surface area contributed by atoms with Crippen LogP contribution in [0.25, 0.3) is 0 Å². The Kier molecular flexibility index (Phi) is 1.00. The van der Waals surface area contributed by atoms with Gasteiger partial charge in [-0.1, -0.05) is 0 Å². The van der Waals surface area contributed by atoms with Gasteiger partial charge in [0.2, 0.25) is 0 Å². The first kappa shape index (κ1) is 4.98. The molecule has 0 bridgehead atoms. The van der Waals surface area contributed by atoms with Gasteiger partial charge in [-0.3, -0.25) is 4.42 Å². The zero-order valence-corrected chi connectivity index (χ0v) is 4.90. The molecule has 7 heavy (non-hydrogen) atoms. The highest BCUT2D eigenvalue weighted by molar-refractivity contribution is 7.09. The molecule has 38 valence electrons. The third-order valence-electron chi connectivity index (χ3n) is 0.749. The zero-order chi connectivity index (χ0) is 5.33. The van der Waals surface area contributed by atoms with Crippen LogP contribution in [-0.2, 0) is 0 Å². The van der Waals surface area contributed by atoms with Crippen molar-refractivity contribution in [1.29, 1.82) is 0 Å². The van der Waals surface area contributed by atoms with Crippen molar-refractivity contribution >= 4 is 9.39 Å². The molecule has 0 aromatic carbocycles. The minimum Gasteiger partial charge on any atom is -0.622 e. The van der Waals surface area contributed by atoms with E-state index in [-0.39, 0.29) is 0 Å². The molecule has 0 fully saturated rings. The van der Waals surface area contributed by atoms with Gasteiger partial charge < -0.3 is 5.21 Å². The third-order valence-corrected chi connectivity index (χ3v) is 1.09. The molecule has 1 heterocycles. The van der Waals surface area contributed by atoms with E-state index in [4.69, 9.17) is 0 Å². The highest BCUT2D eigenvalue weighted by Crippen LogP contribution is 2.19. The van der Waals surface area contributed by atoms with Gasteiger partial charge in [-0.05, 0) is 12.2 Å². The Balaban J connectivity index is 2.77. The SMILES string of the molecule is [O-][N+]1(P)C=CC=C1. The molecule has 0 amide bonds. The Morgan fingerprint density at radius 3 is 1.86 bits per heavy atom. The third kappa shape index (κ3) is 1.10. The van der Waals surface area contributed by atoms with Gasteiger partial charge in [0.1, 0.15) is 12.4 Å². The molecule has 1 rings (SSSR count). The molecular formula is C4H6NOP. The van der Waals surface area contributed by atoms with Gasteiger partial charge in [0.15, 0.2) is 0 Å². The van der Waals surface area contributed by atoms with Crippen molar-refractivity contribution < 1.29 is 4.42 Å². The molecule has 0 spiro atoms. The summed E-state index contributed by atoms with van der Waals surface area (Å²) in [5, 5.41) is 10.6. The summed E-state index contributed by atoms with van der Waals surface area (Å²) < 4.78 is -0.444. The Morgan fingerprint density at radius 2 is 1.71 bits per heavy atom. The van der Waals surface area contributed by atoms with Crippen molar-refractivity contribution in [2.45, 2.75) is 0 Å². The van der Waals surface area contributed by atoms with E-state index in [1.807, 2.05) is 0 Å². The molecule has 0 aliphatic carbocycles. The molecule has 1 aliphatic rings. The van der Waals surface area contributed by atoms with E-state index < -0.39 is 4.42 Å². The number of nitrogens with zero attached hydrogens (tertiary/aromatic N) is 1. The van der Waals surface area contributed by atoms with Crippen molar-refractivity contribution in [1.82, 2.24) is 0 Å². The summed E-state index contributed by atoms with van der Waals surface area (Å²) >= 11 is 0. The molecule has 0 saturated carbocycles. The molecule has 1 unspecified atom stereocenters. The molecule has 0 aromatic rings. The number of rotatable bonds is 0. The average molecular weight is 115 g/mol. The monoisotopic (exact) mass is 115 g/mol. The predicted octanol–water partition coefficient (Wildman–Crippen LogP) is 1.13. The van der Waals surface area contributed by atoms with Gasteiger partial charge in [-0.2, -0.15) is 0 Å². The van der Waals surface area contributed by atoms with Crippen LogP contribution in [-0.4, -0.2) is 4.42 Å². The molecule has 0 N–H and O–H groups in total. The standard InChI is InChI=1S/C4H6NOP/c6-5(7)3-1-2-4-5/h1-4H,7H2. The maximum Gasteiger partial charge on any atom is 0.101 e. The van der Waals surface area contributed by atoms with Gasteiger partial charge in [0.05, 0.1) is 9.39 Å². The molecular weight excluding hydrogens is 109 g/mol. The highest BCUT2D eigenvalue weighted by Gasteiger charge is 2.01. The van der Waals surface area contributed by atoms with Gasteiger partial charge in [-0.25, -0.2) is 0 Å². The summed E-state index contributed by atoms with van der Waals surface area (Å²) in [6.45, 7) is 0. The van der Waals surface area contributed by atoms with Crippen LogP contribution >= 0.6 is 9.39 Å². The van der Waals surface area contributed by atoms with Crippen LogP contribution in [0.5, 0.6) is 0 Å².